The van der Waals surface area contributed by atoms with Crippen molar-refractivity contribution in [3.05, 3.63) is 6.20 Å². The van der Waals surface area contributed by atoms with Crippen LogP contribution in [0.15, 0.2) is 6.20 Å². The number of carbonyl (C=O) groups is 2. The van der Waals surface area contributed by atoms with Crippen LogP contribution in [-0.4, -0.2) is 33.2 Å². The molecule has 16 heavy (non-hydrogen) atoms. The number of aromatic nitrogens is 2. The second-order valence-corrected chi connectivity index (χ2v) is 4.46. The van der Waals surface area contributed by atoms with Crippen molar-refractivity contribution in [1.29, 1.82) is 0 Å². The third-order valence-corrected chi connectivity index (χ3v) is 3.07. The lowest BCUT2D eigenvalue weighted by atomic mass is 10.1. The number of nitrogens with one attached hydrogen (secondary N) is 2. The lowest BCUT2D eigenvalue weighted by Gasteiger charge is -2.10. The highest BCUT2D eigenvalue weighted by Crippen LogP contribution is 2.45. The summed E-state index contributed by atoms with van der Waals surface area (Å²) in [6.07, 6.45) is 2.66. The van der Waals surface area contributed by atoms with E-state index in [9.17, 15) is 9.59 Å². The summed E-state index contributed by atoms with van der Waals surface area (Å²) in [4.78, 5) is 22.2. The summed E-state index contributed by atoms with van der Waals surface area (Å²) in [7, 11) is 0. The Morgan fingerprint density at radius 2 is 2.31 bits per heavy atom. The van der Waals surface area contributed by atoms with Gasteiger partial charge in [-0.15, -0.1) is 5.10 Å². The standard InChI is InChI=1S/C8H10N4O3S/c13-6(14)8(1-2-8)4-9-7(15)11-5-3-10-12-16-5/h3H,1-2,4H2,(H,13,14)(H2,9,11,15). The molecule has 0 unspecified atom stereocenters. The predicted molar refractivity (Wildman–Crippen MR) is 56.2 cm³/mol. The molecule has 1 heterocycles. The summed E-state index contributed by atoms with van der Waals surface area (Å²) in [6.45, 7) is 0.153. The number of carboxylic acid groups (broad SMARTS) is 1. The van der Waals surface area contributed by atoms with Crippen molar-refractivity contribution in [1.82, 2.24) is 14.9 Å². The molecule has 0 saturated heterocycles. The van der Waals surface area contributed by atoms with Crippen LogP contribution in [0.2, 0.25) is 0 Å². The van der Waals surface area contributed by atoms with Gasteiger partial charge in [-0.25, -0.2) is 4.79 Å². The highest BCUT2D eigenvalue weighted by Gasteiger charge is 2.50. The maximum absolute atomic E-state index is 11.3. The van der Waals surface area contributed by atoms with Gasteiger partial charge in [-0.1, -0.05) is 4.49 Å². The van der Waals surface area contributed by atoms with Crippen molar-refractivity contribution in [2.75, 3.05) is 11.9 Å². The van der Waals surface area contributed by atoms with Gasteiger partial charge in [0, 0.05) is 18.1 Å². The molecule has 3 N–H and O–H groups in total. The zero-order valence-electron chi connectivity index (χ0n) is 8.27. The van der Waals surface area contributed by atoms with Crippen LogP contribution in [0.5, 0.6) is 0 Å². The van der Waals surface area contributed by atoms with E-state index in [0.29, 0.717) is 17.8 Å². The minimum atomic E-state index is -0.854. The minimum absolute atomic E-state index is 0.153. The summed E-state index contributed by atoms with van der Waals surface area (Å²) in [5, 5.41) is 18.0. The molecule has 1 aromatic heterocycles. The molecule has 1 aromatic rings. The molecule has 1 aliphatic carbocycles. The Balaban J connectivity index is 1.78. The molecule has 0 atom stereocenters. The van der Waals surface area contributed by atoms with E-state index in [2.05, 4.69) is 20.2 Å². The van der Waals surface area contributed by atoms with E-state index in [0.717, 1.165) is 11.5 Å². The van der Waals surface area contributed by atoms with Crippen LogP contribution in [0.4, 0.5) is 9.80 Å². The molecule has 0 bridgehead atoms. The molecule has 0 radical (unpaired) electrons. The number of urea groups is 1. The Morgan fingerprint density at radius 3 is 2.81 bits per heavy atom. The number of aliphatic carboxylic acids is 1. The molecular formula is C8H10N4O3S. The molecule has 0 aromatic carbocycles. The van der Waals surface area contributed by atoms with Gasteiger partial charge in [-0.05, 0) is 12.8 Å². The Labute approximate surface area is 95.0 Å². The SMILES string of the molecule is O=C(NCC1(C(=O)O)CC1)Nc1cnns1. The normalized spacial score (nSPS) is 16.5. The third kappa shape index (κ3) is 2.27. The van der Waals surface area contributed by atoms with Gasteiger partial charge in [0.15, 0.2) is 0 Å². The van der Waals surface area contributed by atoms with Gasteiger partial charge in [-0.3, -0.25) is 10.1 Å². The zero-order valence-corrected chi connectivity index (χ0v) is 9.08. The van der Waals surface area contributed by atoms with Crippen LogP contribution >= 0.6 is 11.5 Å². The molecule has 0 spiro atoms. The van der Waals surface area contributed by atoms with Gasteiger partial charge < -0.3 is 10.4 Å². The van der Waals surface area contributed by atoms with E-state index in [1.54, 1.807) is 0 Å². The van der Waals surface area contributed by atoms with E-state index in [1.807, 2.05) is 0 Å². The first-order valence-electron chi connectivity index (χ1n) is 4.68. The first-order chi connectivity index (χ1) is 7.62. The number of rotatable bonds is 4. The van der Waals surface area contributed by atoms with E-state index in [4.69, 9.17) is 5.11 Å². The van der Waals surface area contributed by atoms with Crippen LogP contribution in [0.3, 0.4) is 0 Å². The van der Waals surface area contributed by atoms with E-state index in [-0.39, 0.29) is 6.54 Å². The van der Waals surface area contributed by atoms with Crippen molar-refractivity contribution in [2.45, 2.75) is 12.8 Å². The van der Waals surface area contributed by atoms with E-state index >= 15 is 0 Å². The van der Waals surface area contributed by atoms with E-state index < -0.39 is 17.4 Å². The van der Waals surface area contributed by atoms with Crippen LogP contribution in [0.1, 0.15) is 12.8 Å². The number of carbonyl (C=O) groups excluding carboxylic acids is 1. The summed E-state index contributed by atoms with van der Waals surface area (Å²) < 4.78 is 3.58. The molecule has 86 valence electrons. The average Bonchev–Trinajstić information content (AvgIpc) is 2.88. The maximum Gasteiger partial charge on any atom is 0.319 e. The fraction of sp³-hybridized carbons (Fsp3) is 0.500. The average molecular weight is 242 g/mol. The van der Waals surface area contributed by atoms with Crippen molar-refractivity contribution >= 4 is 28.5 Å². The smallest absolute Gasteiger partial charge is 0.319 e. The molecule has 2 amide bonds. The number of nitrogens with zero attached hydrogens (tertiary/aromatic N) is 2. The molecular weight excluding hydrogens is 232 g/mol. The second-order valence-electron chi connectivity index (χ2n) is 3.67. The van der Waals surface area contributed by atoms with Gasteiger partial charge in [0.25, 0.3) is 0 Å². The number of hydrogen-bond donors (Lipinski definition) is 3. The maximum atomic E-state index is 11.3. The fourth-order valence-electron chi connectivity index (χ4n) is 1.24. The lowest BCUT2D eigenvalue weighted by molar-refractivity contribution is -0.143. The molecule has 8 heteroatoms. The van der Waals surface area contributed by atoms with Crippen molar-refractivity contribution in [2.24, 2.45) is 5.41 Å². The van der Waals surface area contributed by atoms with E-state index in [1.165, 1.54) is 6.20 Å². The van der Waals surface area contributed by atoms with Crippen molar-refractivity contribution in [3.63, 3.8) is 0 Å². The quantitative estimate of drug-likeness (QED) is 0.714. The Morgan fingerprint density at radius 1 is 1.56 bits per heavy atom. The third-order valence-electron chi connectivity index (χ3n) is 2.49. The number of amides is 2. The largest absolute Gasteiger partial charge is 0.481 e. The number of carboxylic acids is 1. The second kappa shape index (κ2) is 4.05. The van der Waals surface area contributed by atoms with Gasteiger partial charge in [-0.2, -0.15) is 0 Å². The molecule has 2 rings (SSSR count). The molecule has 1 fully saturated rings. The fourth-order valence-corrected chi connectivity index (χ4v) is 1.66. The predicted octanol–water partition coefficient (Wildman–Crippen LogP) is 0.524. The number of anilines is 1. The first kappa shape index (κ1) is 10.8. The minimum Gasteiger partial charge on any atom is -0.481 e. The summed E-state index contributed by atoms with van der Waals surface area (Å²) in [5.41, 5.74) is -0.747. The van der Waals surface area contributed by atoms with Gasteiger partial charge in [0.2, 0.25) is 0 Å². The van der Waals surface area contributed by atoms with Crippen molar-refractivity contribution < 1.29 is 14.7 Å². The van der Waals surface area contributed by atoms with Gasteiger partial charge in [0.1, 0.15) is 5.00 Å². The molecule has 1 saturated carbocycles. The van der Waals surface area contributed by atoms with Crippen LogP contribution in [0.25, 0.3) is 0 Å². The summed E-state index contributed by atoms with van der Waals surface area (Å²) >= 11 is 1.06. The highest BCUT2D eigenvalue weighted by molar-refractivity contribution is 7.10. The van der Waals surface area contributed by atoms with Crippen molar-refractivity contribution in [3.8, 4) is 0 Å². The topological polar surface area (TPSA) is 104 Å². The van der Waals surface area contributed by atoms with Crippen LogP contribution in [-0.2, 0) is 4.79 Å². The number of hydrogen-bond acceptors (Lipinski definition) is 5. The first-order valence-corrected chi connectivity index (χ1v) is 5.45. The Bertz CT molecular complexity index is 401. The Hall–Kier alpha value is -1.70. The van der Waals surface area contributed by atoms with Gasteiger partial charge >= 0.3 is 12.0 Å². The monoisotopic (exact) mass is 242 g/mol. The summed E-state index contributed by atoms with van der Waals surface area (Å²) in [5.74, 6) is -0.854. The highest BCUT2D eigenvalue weighted by atomic mass is 32.1. The molecule has 1 aliphatic rings. The lowest BCUT2D eigenvalue weighted by Crippen LogP contribution is -2.36. The molecule has 7 nitrogen and oxygen atoms in total. The van der Waals surface area contributed by atoms with Crippen LogP contribution in [0, 0.1) is 5.41 Å². The van der Waals surface area contributed by atoms with Gasteiger partial charge in [0.05, 0.1) is 11.6 Å². The van der Waals surface area contributed by atoms with Crippen LogP contribution < -0.4 is 10.6 Å². The zero-order chi connectivity index (χ0) is 11.6. The summed E-state index contributed by atoms with van der Waals surface area (Å²) in [6, 6.07) is -0.432. The molecule has 0 aliphatic heterocycles. The Kier molecular flexibility index (Phi) is 2.73.